The van der Waals surface area contributed by atoms with E-state index in [1.807, 2.05) is 40.9 Å². The SMILES string of the molecule is CSC1(CN2CCC(=O)N(Cc3cccc(-n4cncn4)c3)C2=O)CCC1. The number of carbonyl (C=O) groups excluding carboxylic acids is 2. The third-order valence-electron chi connectivity index (χ3n) is 5.51. The van der Waals surface area contributed by atoms with Crippen molar-refractivity contribution in [3.05, 3.63) is 42.5 Å². The molecule has 27 heavy (non-hydrogen) atoms. The molecule has 0 unspecified atom stereocenters. The van der Waals surface area contributed by atoms with E-state index in [0.717, 1.165) is 30.6 Å². The Balaban J connectivity index is 1.49. The lowest BCUT2D eigenvalue weighted by atomic mass is 9.83. The zero-order chi connectivity index (χ0) is 18.9. The lowest BCUT2D eigenvalue weighted by molar-refractivity contribution is -0.131. The topological polar surface area (TPSA) is 71.3 Å². The lowest BCUT2D eigenvalue weighted by Gasteiger charge is -2.45. The quantitative estimate of drug-likeness (QED) is 0.765. The van der Waals surface area contributed by atoms with Gasteiger partial charge in [-0.05, 0) is 36.8 Å². The van der Waals surface area contributed by atoms with Crippen LogP contribution >= 0.6 is 11.8 Å². The first-order chi connectivity index (χ1) is 13.1. The number of thioether (sulfide) groups is 1. The molecule has 0 N–H and O–H groups in total. The second-order valence-electron chi connectivity index (χ2n) is 7.18. The number of amides is 3. The summed E-state index contributed by atoms with van der Waals surface area (Å²) in [7, 11) is 0. The lowest BCUT2D eigenvalue weighted by Crippen LogP contribution is -2.56. The highest BCUT2D eigenvalue weighted by Gasteiger charge is 2.41. The molecular formula is C19H23N5O2S. The van der Waals surface area contributed by atoms with E-state index in [-0.39, 0.29) is 23.2 Å². The van der Waals surface area contributed by atoms with Crippen LogP contribution < -0.4 is 0 Å². The van der Waals surface area contributed by atoms with Crippen molar-refractivity contribution in [1.82, 2.24) is 24.6 Å². The van der Waals surface area contributed by atoms with Crippen LogP contribution in [0.3, 0.4) is 0 Å². The van der Waals surface area contributed by atoms with Gasteiger partial charge in [0, 0.05) is 24.3 Å². The highest BCUT2D eigenvalue weighted by Crippen LogP contribution is 2.43. The number of urea groups is 1. The number of hydrogen-bond acceptors (Lipinski definition) is 5. The molecule has 1 aromatic carbocycles. The van der Waals surface area contributed by atoms with Crippen molar-refractivity contribution >= 4 is 23.7 Å². The molecule has 0 spiro atoms. The second-order valence-corrected chi connectivity index (χ2v) is 8.46. The average Bonchev–Trinajstić information content (AvgIpc) is 3.18. The van der Waals surface area contributed by atoms with Crippen LogP contribution in [0.5, 0.6) is 0 Å². The fraction of sp³-hybridized carbons (Fsp3) is 0.474. The standard InChI is InChI=1S/C19H23N5O2S/c1-27-19(7-3-8-19)12-22-9-6-17(25)23(18(22)26)11-15-4-2-5-16(10-15)24-14-20-13-21-24/h2,4-5,10,13-14H,3,6-9,11-12H2,1H3. The maximum absolute atomic E-state index is 13.0. The number of carbonyl (C=O) groups is 2. The van der Waals surface area contributed by atoms with Crippen molar-refractivity contribution in [2.45, 2.75) is 37.0 Å². The fourth-order valence-electron chi connectivity index (χ4n) is 3.71. The van der Waals surface area contributed by atoms with Gasteiger partial charge < -0.3 is 4.90 Å². The van der Waals surface area contributed by atoms with Crippen LogP contribution in [0, 0.1) is 0 Å². The van der Waals surface area contributed by atoms with Gasteiger partial charge in [0.15, 0.2) is 0 Å². The molecule has 2 heterocycles. The third kappa shape index (κ3) is 3.58. The Morgan fingerprint density at radius 1 is 1.26 bits per heavy atom. The summed E-state index contributed by atoms with van der Waals surface area (Å²) in [6.07, 6.45) is 9.12. The Morgan fingerprint density at radius 3 is 2.78 bits per heavy atom. The number of imide groups is 1. The van der Waals surface area contributed by atoms with Gasteiger partial charge in [-0.15, -0.1) is 0 Å². The number of rotatable bonds is 6. The van der Waals surface area contributed by atoms with Gasteiger partial charge in [-0.2, -0.15) is 16.9 Å². The maximum Gasteiger partial charge on any atom is 0.327 e. The van der Waals surface area contributed by atoms with Crippen molar-refractivity contribution in [3.63, 3.8) is 0 Å². The zero-order valence-electron chi connectivity index (χ0n) is 15.4. The Hall–Kier alpha value is -2.35. The molecule has 4 rings (SSSR count). The Kier molecular flexibility index (Phi) is 4.90. The molecule has 0 radical (unpaired) electrons. The van der Waals surface area contributed by atoms with Crippen molar-refractivity contribution in [2.24, 2.45) is 0 Å². The molecule has 2 fully saturated rings. The minimum absolute atomic E-state index is 0.103. The molecule has 142 valence electrons. The number of nitrogens with zero attached hydrogens (tertiary/aromatic N) is 5. The summed E-state index contributed by atoms with van der Waals surface area (Å²) in [5.74, 6) is -0.103. The molecule has 2 aliphatic rings. The molecule has 8 heteroatoms. The smallest absolute Gasteiger partial charge is 0.322 e. The van der Waals surface area contributed by atoms with Crippen LogP contribution in [0.4, 0.5) is 4.79 Å². The zero-order valence-corrected chi connectivity index (χ0v) is 16.2. The van der Waals surface area contributed by atoms with Crippen molar-refractivity contribution in [2.75, 3.05) is 19.3 Å². The van der Waals surface area contributed by atoms with Crippen LogP contribution in [0.2, 0.25) is 0 Å². The van der Waals surface area contributed by atoms with Gasteiger partial charge in [-0.1, -0.05) is 18.6 Å². The second kappa shape index (κ2) is 7.34. The summed E-state index contributed by atoms with van der Waals surface area (Å²) in [6, 6.07) is 7.51. The van der Waals surface area contributed by atoms with E-state index < -0.39 is 0 Å². The maximum atomic E-state index is 13.0. The fourth-order valence-corrected chi connectivity index (χ4v) is 4.69. The molecule has 2 aromatic rings. The van der Waals surface area contributed by atoms with E-state index in [0.29, 0.717) is 13.0 Å². The Labute approximate surface area is 162 Å². The van der Waals surface area contributed by atoms with Crippen LogP contribution in [0.25, 0.3) is 5.69 Å². The third-order valence-corrected chi connectivity index (χ3v) is 6.91. The van der Waals surface area contributed by atoms with Crippen molar-refractivity contribution in [3.8, 4) is 5.69 Å². The molecule has 0 bridgehead atoms. The van der Waals surface area contributed by atoms with Gasteiger partial charge in [-0.3, -0.25) is 9.69 Å². The van der Waals surface area contributed by atoms with Crippen molar-refractivity contribution < 1.29 is 9.59 Å². The van der Waals surface area contributed by atoms with Gasteiger partial charge in [0.05, 0.1) is 12.2 Å². The molecule has 0 atom stereocenters. The van der Waals surface area contributed by atoms with Gasteiger partial charge >= 0.3 is 6.03 Å². The largest absolute Gasteiger partial charge is 0.327 e. The minimum Gasteiger partial charge on any atom is -0.322 e. The molecule has 7 nitrogen and oxygen atoms in total. The molecular weight excluding hydrogens is 362 g/mol. The van der Waals surface area contributed by atoms with E-state index in [9.17, 15) is 9.59 Å². The first-order valence-corrected chi connectivity index (χ1v) is 10.4. The summed E-state index contributed by atoms with van der Waals surface area (Å²) in [5.41, 5.74) is 1.75. The van der Waals surface area contributed by atoms with Gasteiger partial charge in [0.2, 0.25) is 5.91 Å². The molecule has 1 saturated carbocycles. The average molecular weight is 385 g/mol. The Morgan fingerprint density at radius 2 is 2.11 bits per heavy atom. The van der Waals surface area contributed by atoms with E-state index in [1.54, 1.807) is 11.0 Å². The predicted molar refractivity (Wildman–Crippen MR) is 104 cm³/mol. The van der Waals surface area contributed by atoms with E-state index >= 15 is 0 Å². The number of aromatic nitrogens is 3. The van der Waals surface area contributed by atoms with Gasteiger partial charge in [-0.25, -0.2) is 14.5 Å². The van der Waals surface area contributed by atoms with E-state index in [2.05, 4.69) is 16.3 Å². The summed E-state index contributed by atoms with van der Waals surface area (Å²) in [4.78, 5) is 32.6. The number of hydrogen-bond donors (Lipinski definition) is 0. The van der Waals surface area contributed by atoms with Crippen LogP contribution in [-0.2, 0) is 11.3 Å². The van der Waals surface area contributed by atoms with Crippen LogP contribution in [-0.4, -0.2) is 60.6 Å². The normalized spacial score (nSPS) is 19.3. The molecule has 1 aromatic heterocycles. The van der Waals surface area contributed by atoms with E-state index in [4.69, 9.17) is 0 Å². The molecule has 1 aliphatic heterocycles. The minimum atomic E-state index is -0.169. The predicted octanol–water partition coefficient (Wildman–Crippen LogP) is 2.71. The van der Waals surface area contributed by atoms with Crippen molar-refractivity contribution in [1.29, 1.82) is 0 Å². The molecule has 1 saturated heterocycles. The van der Waals surface area contributed by atoms with Gasteiger partial charge in [0.25, 0.3) is 0 Å². The van der Waals surface area contributed by atoms with E-state index in [1.165, 1.54) is 17.6 Å². The molecule has 3 amide bonds. The highest BCUT2D eigenvalue weighted by molar-refractivity contribution is 8.00. The summed E-state index contributed by atoms with van der Waals surface area (Å²) in [6.45, 7) is 1.54. The first-order valence-electron chi connectivity index (χ1n) is 9.19. The number of benzene rings is 1. The monoisotopic (exact) mass is 385 g/mol. The van der Waals surface area contributed by atoms with Crippen LogP contribution in [0.15, 0.2) is 36.9 Å². The first kappa shape index (κ1) is 18.0. The summed E-state index contributed by atoms with van der Waals surface area (Å²) < 4.78 is 1.84. The van der Waals surface area contributed by atoms with Gasteiger partial charge in [0.1, 0.15) is 12.7 Å². The van der Waals surface area contributed by atoms with Crippen LogP contribution in [0.1, 0.15) is 31.2 Å². The highest BCUT2D eigenvalue weighted by atomic mass is 32.2. The molecule has 1 aliphatic carbocycles. The Bertz CT molecular complexity index is 829. The summed E-state index contributed by atoms with van der Waals surface area (Å²) >= 11 is 1.85. The summed E-state index contributed by atoms with van der Waals surface area (Å²) in [5, 5.41) is 4.13.